The fraction of sp³-hybridized carbons (Fsp3) is 0.176. The van der Waals surface area contributed by atoms with Gasteiger partial charge in [0, 0.05) is 18.9 Å². The molecule has 0 radical (unpaired) electrons. The number of carbonyl (C=O) groups is 1. The van der Waals surface area contributed by atoms with Gasteiger partial charge in [-0.05, 0) is 30.2 Å². The standard InChI is InChI=1S/C17H18N2O2/c20-13-11-16(14-6-2-1-3-7-14)19-17(21)10-9-15-8-4-5-12-18-15/h1-10,12,16,20H,11,13H2,(H,19,21)/b10-9+. The number of aliphatic hydroxyl groups excluding tert-OH is 1. The monoisotopic (exact) mass is 282 g/mol. The van der Waals surface area contributed by atoms with Crippen molar-refractivity contribution in [3.05, 3.63) is 72.1 Å². The van der Waals surface area contributed by atoms with E-state index in [0.717, 1.165) is 11.3 Å². The molecule has 1 atom stereocenters. The zero-order valence-electron chi connectivity index (χ0n) is 11.6. The van der Waals surface area contributed by atoms with Gasteiger partial charge in [-0.25, -0.2) is 0 Å². The van der Waals surface area contributed by atoms with Gasteiger partial charge in [-0.15, -0.1) is 0 Å². The third-order valence-electron chi connectivity index (χ3n) is 3.03. The molecule has 1 unspecified atom stereocenters. The van der Waals surface area contributed by atoms with E-state index in [-0.39, 0.29) is 18.6 Å². The first-order valence-electron chi connectivity index (χ1n) is 6.85. The highest BCUT2D eigenvalue weighted by molar-refractivity contribution is 5.91. The number of nitrogens with zero attached hydrogens (tertiary/aromatic N) is 1. The van der Waals surface area contributed by atoms with E-state index in [9.17, 15) is 4.79 Å². The molecular formula is C17H18N2O2. The summed E-state index contributed by atoms with van der Waals surface area (Å²) in [5.41, 5.74) is 1.71. The number of hydrogen-bond acceptors (Lipinski definition) is 3. The molecule has 4 nitrogen and oxygen atoms in total. The second-order valence-corrected chi connectivity index (χ2v) is 4.57. The van der Waals surface area contributed by atoms with Crippen molar-refractivity contribution in [1.29, 1.82) is 0 Å². The van der Waals surface area contributed by atoms with Gasteiger partial charge in [0.2, 0.25) is 5.91 Å². The van der Waals surface area contributed by atoms with Crippen LogP contribution in [0.1, 0.15) is 23.7 Å². The van der Waals surface area contributed by atoms with Crippen molar-refractivity contribution in [2.24, 2.45) is 0 Å². The molecule has 4 heteroatoms. The Balaban J connectivity index is 2.00. The van der Waals surface area contributed by atoms with Gasteiger partial charge in [-0.1, -0.05) is 36.4 Å². The van der Waals surface area contributed by atoms with Gasteiger partial charge in [-0.3, -0.25) is 9.78 Å². The minimum absolute atomic E-state index is 0.0177. The third-order valence-corrected chi connectivity index (χ3v) is 3.03. The summed E-state index contributed by atoms with van der Waals surface area (Å²) >= 11 is 0. The first-order valence-corrected chi connectivity index (χ1v) is 6.85. The number of amides is 1. The molecule has 2 aromatic rings. The van der Waals surface area contributed by atoms with Crippen LogP contribution in [0.5, 0.6) is 0 Å². The Morgan fingerprint density at radius 2 is 1.95 bits per heavy atom. The van der Waals surface area contributed by atoms with Crippen LogP contribution < -0.4 is 5.32 Å². The molecule has 21 heavy (non-hydrogen) atoms. The normalized spacial score (nSPS) is 12.2. The number of nitrogens with one attached hydrogen (secondary N) is 1. The molecule has 1 amide bonds. The average Bonchev–Trinajstić information content (AvgIpc) is 2.54. The summed E-state index contributed by atoms with van der Waals surface area (Å²) in [6.07, 6.45) is 5.27. The topological polar surface area (TPSA) is 62.2 Å². The van der Waals surface area contributed by atoms with Crippen molar-refractivity contribution in [3.63, 3.8) is 0 Å². The van der Waals surface area contributed by atoms with Crippen LogP contribution >= 0.6 is 0 Å². The zero-order chi connectivity index (χ0) is 14.9. The maximum atomic E-state index is 12.0. The zero-order valence-corrected chi connectivity index (χ0v) is 11.6. The van der Waals surface area contributed by atoms with E-state index in [1.807, 2.05) is 48.5 Å². The van der Waals surface area contributed by atoms with Gasteiger partial charge in [0.15, 0.2) is 0 Å². The number of rotatable bonds is 6. The Bertz CT molecular complexity index is 582. The van der Waals surface area contributed by atoms with Crippen molar-refractivity contribution < 1.29 is 9.90 Å². The van der Waals surface area contributed by atoms with E-state index in [4.69, 9.17) is 5.11 Å². The van der Waals surface area contributed by atoms with Gasteiger partial charge in [-0.2, -0.15) is 0 Å². The Labute approximate surface area is 124 Å². The largest absolute Gasteiger partial charge is 0.396 e. The molecule has 1 aromatic carbocycles. The molecule has 0 saturated carbocycles. The predicted molar refractivity (Wildman–Crippen MR) is 82.3 cm³/mol. The van der Waals surface area contributed by atoms with Gasteiger partial charge >= 0.3 is 0 Å². The van der Waals surface area contributed by atoms with Crippen molar-refractivity contribution in [2.75, 3.05) is 6.61 Å². The molecular weight excluding hydrogens is 264 g/mol. The molecule has 2 N–H and O–H groups in total. The van der Waals surface area contributed by atoms with Crippen LogP contribution in [0, 0.1) is 0 Å². The fourth-order valence-corrected chi connectivity index (χ4v) is 1.99. The summed E-state index contributed by atoms with van der Waals surface area (Å²) in [5.74, 6) is -0.206. The summed E-state index contributed by atoms with van der Waals surface area (Å²) in [7, 11) is 0. The highest BCUT2D eigenvalue weighted by Crippen LogP contribution is 2.15. The molecule has 2 rings (SSSR count). The molecule has 0 saturated heterocycles. The lowest BCUT2D eigenvalue weighted by molar-refractivity contribution is -0.117. The number of benzene rings is 1. The molecule has 0 spiro atoms. The van der Waals surface area contributed by atoms with E-state index >= 15 is 0 Å². The Hall–Kier alpha value is -2.46. The molecule has 108 valence electrons. The molecule has 0 aliphatic heterocycles. The first kappa shape index (κ1) is 14.9. The molecule has 1 heterocycles. The van der Waals surface area contributed by atoms with Crippen molar-refractivity contribution >= 4 is 12.0 Å². The quantitative estimate of drug-likeness (QED) is 0.799. The van der Waals surface area contributed by atoms with E-state index < -0.39 is 0 Å². The van der Waals surface area contributed by atoms with Crippen LogP contribution in [0.25, 0.3) is 6.08 Å². The van der Waals surface area contributed by atoms with Crippen molar-refractivity contribution in [1.82, 2.24) is 10.3 Å². The van der Waals surface area contributed by atoms with E-state index in [1.54, 1.807) is 12.3 Å². The third kappa shape index (κ3) is 4.85. The maximum Gasteiger partial charge on any atom is 0.244 e. The number of aromatic nitrogens is 1. The highest BCUT2D eigenvalue weighted by atomic mass is 16.3. The Morgan fingerprint density at radius 3 is 2.62 bits per heavy atom. The van der Waals surface area contributed by atoms with E-state index in [0.29, 0.717) is 6.42 Å². The Morgan fingerprint density at radius 1 is 1.19 bits per heavy atom. The number of hydrogen-bond donors (Lipinski definition) is 2. The summed E-state index contributed by atoms with van der Waals surface area (Å²) in [6, 6.07) is 14.9. The fourth-order valence-electron chi connectivity index (χ4n) is 1.99. The first-order chi connectivity index (χ1) is 10.3. The van der Waals surface area contributed by atoms with Gasteiger partial charge in [0.1, 0.15) is 0 Å². The van der Waals surface area contributed by atoms with Gasteiger partial charge in [0.05, 0.1) is 11.7 Å². The van der Waals surface area contributed by atoms with Crippen LogP contribution in [0.15, 0.2) is 60.8 Å². The van der Waals surface area contributed by atoms with E-state index in [1.165, 1.54) is 6.08 Å². The van der Waals surface area contributed by atoms with Crippen LogP contribution in [-0.4, -0.2) is 22.6 Å². The predicted octanol–water partition coefficient (Wildman–Crippen LogP) is 2.33. The molecule has 0 fully saturated rings. The second-order valence-electron chi connectivity index (χ2n) is 4.57. The van der Waals surface area contributed by atoms with Crippen LogP contribution in [0.4, 0.5) is 0 Å². The lowest BCUT2D eigenvalue weighted by Crippen LogP contribution is -2.27. The lowest BCUT2D eigenvalue weighted by Gasteiger charge is -2.17. The van der Waals surface area contributed by atoms with Crippen LogP contribution in [0.3, 0.4) is 0 Å². The smallest absolute Gasteiger partial charge is 0.244 e. The maximum absolute atomic E-state index is 12.0. The minimum atomic E-state index is -0.206. The number of pyridine rings is 1. The highest BCUT2D eigenvalue weighted by Gasteiger charge is 2.12. The van der Waals surface area contributed by atoms with Gasteiger partial charge in [0.25, 0.3) is 0 Å². The lowest BCUT2D eigenvalue weighted by atomic mass is 10.0. The summed E-state index contributed by atoms with van der Waals surface area (Å²) in [5, 5.41) is 12.0. The summed E-state index contributed by atoms with van der Waals surface area (Å²) in [4.78, 5) is 16.1. The van der Waals surface area contributed by atoms with Crippen molar-refractivity contribution in [3.8, 4) is 0 Å². The number of carbonyl (C=O) groups excluding carboxylic acids is 1. The molecule has 1 aromatic heterocycles. The average molecular weight is 282 g/mol. The Kier molecular flexibility index (Phi) is 5.67. The van der Waals surface area contributed by atoms with Gasteiger partial charge < -0.3 is 10.4 Å². The SMILES string of the molecule is O=C(/C=C/c1ccccn1)NC(CCO)c1ccccc1. The second kappa shape index (κ2) is 7.97. The molecule has 0 aliphatic carbocycles. The van der Waals surface area contributed by atoms with Crippen LogP contribution in [0.2, 0.25) is 0 Å². The molecule has 0 aliphatic rings. The van der Waals surface area contributed by atoms with Crippen LogP contribution in [-0.2, 0) is 4.79 Å². The van der Waals surface area contributed by atoms with E-state index in [2.05, 4.69) is 10.3 Å². The molecule has 0 bridgehead atoms. The minimum Gasteiger partial charge on any atom is -0.396 e. The summed E-state index contributed by atoms with van der Waals surface area (Å²) in [6.45, 7) is 0.0177. The number of aliphatic hydroxyl groups is 1. The summed E-state index contributed by atoms with van der Waals surface area (Å²) < 4.78 is 0. The van der Waals surface area contributed by atoms with Crippen molar-refractivity contribution in [2.45, 2.75) is 12.5 Å².